The normalized spacial score (nSPS) is 10.9. The summed E-state index contributed by atoms with van der Waals surface area (Å²) in [5, 5.41) is 9.13. The number of pyridine rings is 1. The van der Waals surface area contributed by atoms with Crippen molar-refractivity contribution in [2.24, 2.45) is 7.05 Å². The zero-order valence-electron chi connectivity index (χ0n) is 19.4. The fraction of sp³-hybridized carbons (Fsp3) is 0.154. The lowest BCUT2D eigenvalue weighted by Gasteiger charge is -2.11. The topological polar surface area (TPSA) is 102 Å². The third kappa shape index (κ3) is 4.31. The van der Waals surface area contributed by atoms with Crippen LogP contribution in [0.5, 0.6) is 11.5 Å². The zero-order chi connectivity index (χ0) is 24.4. The first-order valence-corrected chi connectivity index (χ1v) is 10.8. The highest BCUT2D eigenvalue weighted by Gasteiger charge is 2.18. The van der Waals surface area contributed by atoms with Gasteiger partial charge >= 0.3 is 5.97 Å². The Bertz CT molecular complexity index is 1520. The van der Waals surface area contributed by atoms with Gasteiger partial charge in [-0.1, -0.05) is 18.2 Å². The fourth-order valence-electron chi connectivity index (χ4n) is 3.79. The van der Waals surface area contributed by atoms with E-state index in [-0.39, 0.29) is 12.5 Å². The summed E-state index contributed by atoms with van der Waals surface area (Å²) in [6.07, 6.45) is 1.77. The second-order valence-corrected chi connectivity index (χ2v) is 7.72. The summed E-state index contributed by atoms with van der Waals surface area (Å²) in [5.41, 5.74) is 3.46. The van der Waals surface area contributed by atoms with Crippen LogP contribution in [-0.4, -0.2) is 39.9 Å². The number of rotatable bonds is 7. The van der Waals surface area contributed by atoms with E-state index in [0.29, 0.717) is 34.3 Å². The Morgan fingerprint density at radius 3 is 2.57 bits per heavy atom. The van der Waals surface area contributed by atoms with Gasteiger partial charge in [0, 0.05) is 24.2 Å². The summed E-state index contributed by atoms with van der Waals surface area (Å²) in [7, 11) is 4.95. The molecule has 9 heteroatoms. The Morgan fingerprint density at radius 1 is 0.971 bits per heavy atom. The summed E-state index contributed by atoms with van der Waals surface area (Å²) < 4.78 is 23.7. The van der Waals surface area contributed by atoms with Crippen molar-refractivity contribution >= 4 is 16.9 Å². The molecule has 0 atom stereocenters. The number of para-hydroxylation sites is 1. The molecular weight excluding hydrogens is 448 g/mol. The van der Waals surface area contributed by atoms with Gasteiger partial charge in [0.1, 0.15) is 5.69 Å². The molecule has 3 aromatic heterocycles. The number of aromatic nitrogens is 4. The minimum atomic E-state index is -0.470. The van der Waals surface area contributed by atoms with Crippen molar-refractivity contribution in [2.75, 3.05) is 14.2 Å². The van der Waals surface area contributed by atoms with Crippen LogP contribution in [-0.2, 0) is 18.4 Å². The Balaban J connectivity index is 1.48. The predicted octanol–water partition coefficient (Wildman–Crippen LogP) is 4.66. The molecule has 0 unspecified atom stereocenters. The maximum atomic E-state index is 12.3. The number of aryl methyl sites for hydroxylation is 1. The summed E-state index contributed by atoms with van der Waals surface area (Å²) in [4.78, 5) is 17.1. The van der Waals surface area contributed by atoms with Crippen molar-refractivity contribution in [3.8, 4) is 34.2 Å². The first-order chi connectivity index (χ1) is 17.1. The number of carbonyl (C=O) groups excluding carboxylic acids is 1. The van der Waals surface area contributed by atoms with Crippen LogP contribution in [0.3, 0.4) is 0 Å². The molecule has 0 saturated carbocycles. The average molecular weight is 470 g/mol. The van der Waals surface area contributed by atoms with Gasteiger partial charge in [-0.15, -0.1) is 10.2 Å². The first kappa shape index (κ1) is 22.1. The second kappa shape index (κ2) is 9.30. The second-order valence-electron chi connectivity index (χ2n) is 7.72. The van der Waals surface area contributed by atoms with Crippen molar-refractivity contribution in [1.29, 1.82) is 0 Å². The molecule has 0 saturated heterocycles. The molecule has 0 fully saturated rings. The molecule has 0 aliphatic carbocycles. The highest BCUT2D eigenvalue weighted by molar-refractivity contribution is 5.94. The van der Waals surface area contributed by atoms with Crippen molar-refractivity contribution in [1.82, 2.24) is 19.7 Å². The molecule has 35 heavy (non-hydrogen) atoms. The number of fused-ring (bicyclic) bond motifs is 1. The van der Waals surface area contributed by atoms with Crippen LogP contribution < -0.4 is 9.47 Å². The number of nitrogens with zero attached hydrogens (tertiary/aromatic N) is 4. The lowest BCUT2D eigenvalue weighted by Crippen LogP contribution is -2.09. The number of ether oxygens (including phenoxy) is 3. The zero-order valence-corrected chi connectivity index (χ0v) is 19.4. The largest absolute Gasteiger partial charge is 0.493 e. The minimum Gasteiger partial charge on any atom is -0.493 e. The van der Waals surface area contributed by atoms with E-state index in [2.05, 4.69) is 10.2 Å². The third-order valence-corrected chi connectivity index (χ3v) is 5.57. The predicted molar refractivity (Wildman–Crippen MR) is 128 cm³/mol. The van der Waals surface area contributed by atoms with Crippen molar-refractivity contribution in [3.05, 3.63) is 78.4 Å². The molecule has 0 spiro atoms. The van der Waals surface area contributed by atoms with E-state index in [1.165, 1.54) is 0 Å². The maximum absolute atomic E-state index is 12.3. The van der Waals surface area contributed by atoms with Gasteiger partial charge in [-0.3, -0.25) is 0 Å². The number of hydrogen-bond donors (Lipinski definition) is 0. The van der Waals surface area contributed by atoms with E-state index in [0.717, 1.165) is 16.5 Å². The van der Waals surface area contributed by atoms with Crippen molar-refractivity contribution in [3.63, 3.8) is 0 Å². The molecule has 2 aromatic carbocycles. The minimum absolute atomic E-state index is 0.136. The Morgan fingerprint density at radius 2 is 1.80 bits per heavy atom. The number of methoxy groups -OCH3 is 2. The van der Waals surface area contributed by atoms with E-state index in [9.17, 15) is 4.79 Å². The van der Waals surface area contributed by atoms with Crippen LogP contribution >= 0.6 is 0 Å². The monoisotopic (exact) mass is 470 g/mol. The number of hydrogen-bond acceptors (Lipinski definition) is 8. The Kier molecular flexibility index (Phi) is 5.88. The molecule has 0 N–H and O–H groups in total. The van der Waals surface area contributed by atoms with Crippen LogP contribution in [0.15, 0.2) is 71.3 Å². The number of benzene rings is 2. The standard InChI is InChI=1S/C26H22N4O5/c1-30-12-6-9-21(30)26(31)34-15-24-28-29-25(35-24)18-14-20(27-19-8-5-4-7-17(18)19)16-10-11-22(32-2)23(13-16)33-3/h4-14H,15H2,1-3H3. The molecule has 5 aromatic rings. The van der Waals surface area contributed by atoms with E-state index >= 15 is 0 Å². The third-order valence-electron chi connectivity index (χ3n) is 5.57. The molecule has 0 aliphatic heterocycles. The highest BCUT2D eigenvalue weighted by atomic mass is 16.5. The summed E-state index contributed by atoms with van der Waals surface area (Å²) in [5.74, 6) is 1.25. The molecule has 3 heterocycles. The van der Waals surface area contributed by atoms with E-state index < -0.39 is 5.97 Å². The Labute approximate surface area is 200 Å². The van der Waals surface area contributed by atoms with Gasteiger partial charge in [-0.05, 0) is 42.5 Å². The van der Waals surface area contributed by atoms with Gasteiger partial charge < -0.3 is 23.2 Å². The van der Waals surface area contributed by atoms with Gasteiger partial charge in [0.05, 0.1) is 31.0 Å². The summed E-state index contributed by atoms with van der Waals surface area (Å²) in [6, 6.07) is 18.6. The highest BCUT2D eigenvalue weighted by Crippen LogP contribution is 2.35. The van der Waals surface area contributed by atoms with Gasteiger partial charge in [-0.25, -0.2) is 9.78 Å². The van der Waals surface area contributed by atoms with E-state index in [1.54, 1.807) is 44.2 Å². The molecular formula is C26H22N4O5. The van der Waals surface area contributed by atoms with Gasteiger partial charge in [0.2, 0.25) is 5.89 Å². The van der Waals surface area contributed by atoms with Gasteiger partial charge in [0.15, 0.2) is 18.1 Å². The molecule has 0 amide bonds. The maximum Gasteiger partial charge on any atom is 0.355 e. The quantitative estimate of drug-likeness (QED) is 0.317. The molecule has 0 aliphatic rings. The molecule has 0 radical (unpaired) electrons. The van der Waals surface area contributed by atoms with Gasteiger partial charge in [0.25, 0.3) is 5.89 Å². The molecule has 5 rings (SSSR count). The number of carbonyl (C=O) groups is 1. The molecule has 0 bridgehead atoms. The lowest BCUT2D eigenvalue weighted by atomic mass is 10.0. The number of esters is 1. The van der Waals surface area contributed by atoms with Crippen LogP contribution in [0.25, 0.3) is 33.6 Å². The first-order valence-electron chi connectivity index (χ1n) is 10.8. The lowest BCUT2D eigenvalue weighted by molar-refractivity contribution is 0.0427. The summed E-state index contributed by atoms with van der Waals surface area (Å²) >= 11 is 0. The summed E-state index contributed by atoms with van der Waals surface area (Å²) in [6.45, 7) is -0.136. The van der Waals surface area contributed by atoms with Crippen LogP contribution in [0.4, 0.5) is 0 Å². The van der Waals surface area contributed by atoms with Crippen molar-refractivity contribution < 1.29 is 23.4 Å². The van der Waals surface area contributed by atoms with E-state index in [1.807, 2.05) is 48.5 Å². The SMILES string of the molecule is COc1ccc(-c2cc(-c3nnc(COC(=O)c4cccn4C)o3)c3ccccc3n2)cc1OC. The molecule has 9 nitrogen and oxygen atoms in total. The smallest absolute Gasteiger partial charge is 0.355 e. The molecule has 176 valence electrons. The van der Waals surface area contributed by atoms with Gasteiger partial charge in [-0.2, -0.15) is 0 Å². The van der Waals surface area contributed by atoms with Crippen LogP contribution in [0.1, 0.15) is 16.4 Å². The Hall–Kier alpha value is -4.66. The van der Waals surface area contributed by atoms with E-state index in [4.69, 9.17) is 23.6 Å². The van der Waals surface area contributed by atoms with Crippen LogP contribution in [0.2, 0.25) is 0 Å². The van der Waals surface area contributed by atoms with Crippen LogP contribution in [0, 0.1) is 0 Å². The van der Waals surface area contributed by atoms with Crippen molar-refractivity contribution in [2.45, 2.75) is 6.61 Å². The fourth-order valence-corrected chi connectivity index (χ4v) is 3.79. The average Bonchev–Trinajstić information content (AvgIpc) is 3.55.